The summed E-state index contributed by atoms with van der Waals surface area (Å²) in [6.45, 7) is 2.77. The van der Waals surface area contributed by atoms with Crippen molar-refractivity contribution in [1.82, 2.24) is 19.9 Å². The van der Waals surface area contributed by atoms with Crippen LogP contribution in [0.25, 0.3) is 0 Å². The quantitative estimate of drug-likeness (QED) is 0.863. The number of hydrogen-bond donors (Lipinski definition) is 0. The van der Waals surface area contributed by atoms with Crippen LogP contribution in [0.1, 0.15) is 23.7 Å². The van der Waals surface area contributed by atoms with E-state index in [-0.39, 0.29) is 18.0 Å². The summed E-state index contributed by atoms with van der Waals surface area (Å²) in [7, 11) is 1.59. The zero-order valence-electron chi connectivity index (χ0n) is 13.0. The smallest absolute Gasteiger partial charge is 0.127 e. The van der Waals surface area contributed by atoms with Crippen molar-refractivity contribution < 1.29 is 13.9 Å². The number of fused-ring (bicyclic) bond motifs is 3. The normalized spacial score (nSPS) is 24.1. The van der Waals surface area contributed by atoms with Crippen LogP contribution in [0.2, 0.25) is 0 Å². The van der Waals surface area contributed by atoms with Crippen LogP contribution in [0.5, 0.6) is 5.75 Å². The third-order valence-electron chi connectivity index (χ3n) is 4.66. The summed E-state index contributed by atoms with van der Waals surface area (Å²) in [5.74, 6) is 0.477. The average Bonchev–Trinajstić information content (AvgIpc) is 3.06. The predicted octanol–water partition coefficient (Wildman–Crippen LogP) is 1.77. The summed E-state index contributed by atoms with van der Waals surface area (Å²) >= 11 is 0. The van der Waals surface area contributed by atoms with Gasteiger partial charge >= 0.3 is 0 Å². The first kappa shape index (κ1) is 14.6. The Hall–Kier alpha value is -1.99. The molecule has 1 fully saturated rings. The van der Waals surface area contributed by atoms with Gasteiger partial charge in [-0.05, 0) is 24.6 Å². The molecule has 3 heterocycles. The first-order valence-corrected chi connectivity index (χ1v) is 7.80. The molecule has 23 heavy (non-hydrogen) atoms. The highest BCUT2D eigenvalue weighted by atomic mass is 19.1. The molecule has 1 saturated heterocycles. The molecular weight excluding hydrogens is 299 g/mol. The Morgan fingerprint density at radius 1 is 1.43 bits per heavy atom. The molecule has 0 radical (unpaired) electrons. The Morgan fingerprint density at radius 2 is 2.35 bits per heavy atom. The van der Waals surface area contributed by atoms with Crippen molar-refractivity contribution in [2.24, 2.45) is 0 Å². The minimum Gasteiger partial charge on any atom is -0.497 e. The number of methoxy groups -OCH3 is 1. The maximum Gasteiger partial charge on any atom is 0.127 e. The largest absolute Gasteiger partial charge is 0.497 e. The number of piperidine rings is 1. The van der Waals surface area contributed by atoms with Gasteiger partial charge in [-0.3, -0.25) is 4.90 Å². The molecule has 1 aromatic heterocycles. The summed E-state index contributed by atoms with van der Waals surface area (Å²) in [6.07, 6.45) is 2.82. The standard InChI is InChI=1S/C16H19FN4O2/c1-22-13-2-3-14(17)11(6-13)8-20-5-4-16-15(9-20)21-12(10-23-16)7-18-19-21/h2-3,6-7,15-16H,4-5,8-10H2,1H3/t15-,16-/m1/s1. The first-order chi connectivity index (χ1) is 11.2. The summed E-state index contributed by atoms with van der Waals surface area (Å²) in [5, 5.41) is 8.17. The average molecular weight is 318 g/mol. The summed E-state index contributed by atoms with van der Waals surface area (Å²) < 4.78 is 27.1. The van der Waals surface area contributed by atoms with Crippen molar-refractivity contribution in [1.29, 1.82) is 0 Å². The SMILES string of the molecule is COc1ccc(F)c(CN2CC[C@H]3OCc4cnnn4[C@@H]3C2)c1. The monoisotopic (exact) mass is 318 g/mol. The Bertz CT molecular complexity index is 705. The van der Waals surface area contributed by atoms with Crippen molar-refractivity contribution in [3.8, 4) is 5.75 Å². The number of nitrogens with zero attached hydrogens (tertiary/aromatic N) is 4. The third kappa shape index (κ3) is 2.70. The van der Waals surface area contributed by atoms with Gasteiger partial charge in [-0.15, -0.1) is 5.10 Å². The lowest BCUT2D eigenvalue weighted by Gasteiger charge is -2.41. The number of rotatable bonds is 3. The van der Waals surface area contributed by atoms with Crippen LogP contribution in [-0.2, 0) is 17.9 Å². The fraction of sp³-hybridized carbons (Fsp3) is 0.500. The Labute approximate surface area is 133 Å². The van der Waals surface area contributed by atoms with Gasteiger partial charge < -0.3 is 9.47 Å². The topological polar surface area (TPSA) is 52.4 Å². The van der Waals surface area contributed by atoms with E-state index in [0.29, 0.717) is 24.5 Å². The van der Waals surface area contributed by atoms with Crippen molar-refractivity contribution in [2.75, 3.05) is 20.2 Å². The molecule has 0 spiro atoms. The van der Waals surface area contributed by atoms with Crippen molar-refractivity contribution >= 4 is 0 Å². The molecule has 0 N–H and O–H groups in total. The van der Waals surface area contributed by atoms with E-state index in [9.17, 15) is 4.39 Å². The molecule has 0 unspecified atom stereocenters. The zero-order chi connectivity index (χ0) is 15.8. The number of benzene rings is 1. The van der Waals surface area contributed by atoms with E-state index in [1.54, 1.807) is 25.4 Å². The third-order valence-corrected chi connectivity index (χ3v) is 4.66. The van der Waals surface area contributed by atoms with Crippen molar-refractivity contribution in [2.45, 2.75) is 31.7 Å². The molecule has 0 aliphatic carbocycles. The van der Waals surface area contributed by atoms with E-state index in [0.717, 1.165) is 25.2 Å². The molecule has 4 rings (SSSR count). The number of hydrogen-bond acceptors (Lipinski definition) is 5. The molecule has 0 saturated carbocycles. The molecule has 122 valence electrons. The van der Waals surface area contributed by atoms with Crippen LogP contribution in [0.3, 0.4) is 0 Å². The van der Waals surface area contributed by atoms with E-state index < -0.39 is 0 Å². The molecule has 6 nitrogen and oxygen atoms in total. The van der Waals surface area contributed by atoms with Gasteiger partial charge in [0.2, 0.25) is 0 Å². The minimum atomic E-state index is -0.200. The minimum absolute atomic E-state index is 0.142. The van der Waals surface area contributed by atoms with Crippen LogP contribution >= 0.6 is 0 Å². The van der Waals surface area contributed by atoms with Gasteiger partial charge in [-0.25, -0.2) is 9.07 Å². The van der Waals surface area contributed by atoms with Crippen LogP contribution in [0.15, 0.2) is 24.4 Å². The van der Waals surface area contributed by atoms with E-state index in [1.165, 1.54) is 6.07 Å². The second-order valence-corrected chi connectivity index (χ2v) is 6.07. The summed E-state index contributed by atoms with van der Waals surface area (Å²) in [6, 6.07) is 5.00. The van der Waals surface area contributed by atoms with Gasteiger partial charge in [0.05, 0.1) is 37.8 Å². The van der Waals surface area contributed by atoms with E-state index in [2.05, 4.69) is 15.2 Å². The predicted molar refractivity (Wildman–Crippen MR) is 80.5 cm³/mol. The number of ether oxygens (including phenoxy) is 2. The molecule has 2 aliphatic heterocycles. The lowest BCUT2D eigenvalue weighted by molar-refractivity contribution is -0.0670. The number of halogens is 1. The highest BCUT2D eigenvalue weighted by Crippen LogP contribution is 2.31. The maximum atomic E-state index is 14.0. The molecule has 7 heteroatoms. The Balaban J connectivity index is 1.52. The van der Waals surface area contributed by atoms with E-state index in [1.807, 2.05) is 4.68 Å². The van der Waals surface area contributed by atoms with Crippen molar-refractivity contribution in [3.63, 3.8) is 0 Å². The fourth-order valence-corrected chi connectivity index (χ4v) is 3.43. The van der Waals surface area contributed by atoms with Crippen LogP contribution < -0.4 is 4.74 Å². The highest BCUT2D eigenvalue weighted by molar-refractivity contribution is 5.29. The lowest BCUT2D eigenvalue weighted by Crippen LogP contribution is -2.47. The fourth-order valence-electron chi connectivity index (χ4n) is 3.43. The molecular formula is C16H19FN4O2. The van der Waals surface area contributed by atoms with Crippen LogP contribution in [0, 0.1) is 5.82 Å². The molecule has 0 bridgehead atoms. The van der Waals surface area contributed by atoms with Gasteiger partial charge in [0.15, 0.2) is 0 Å². The van der Waals surface area contributed by atoms with Crippen molar-refractivity contribution in [3.05, 3.63) is 41.5 Å². The molecule has 2 atom stereocenters. The maximum absolute atomic E-state index is 14.0. The zero-order valence-corrected chi connectivity index (χ0v) is 13.0. The summed E-state index contributed by atoms with van der Waals surface area (Å²) in [4.78, 5) is 2.24. The highest BCUT2D eigenvalue weighted by Gasteiger charge is 2.36. The van der Waals surface area contributed by atoms with Crippen LogP contribution in [-0.4, -0.2) is 46.2 Å². The van der Waals surface area contributed by atoms with Gasteiger partial charge in [0.25, 0.3) is 0 Å². The number of aromatic nitrogens is 3. The van der Waals surface area contributed by atoms with Gasteiger partial charge in [0.1, 0.15) is 11.6 Å². The van der Waals surface area contributed by atoms with E-state index >= 15 is 0 Å². The number of likely N-dealkylation sites (tertiary alicyclic amines) is 1. The molecule has 1 aromatic carbocycles. The molecule has 2 aromatic rings. The van der Waals surface area contributed by atoms with E-state index in [4.69, 9.17) is 9.47 Å². The second kappa shape index (κ2) is 5.90. The van der Waals surface area contributed by atoms with Crippen LogP contribution in [0.4, 0.5) is 4.39 Å². The molecule has 2 aliphatic rings. The Kier molecular flexibility index (Phi) is 3.74. The second-order valence-electron chi connectivity index (χ2n) is 6.07. The molecule has 0 amide bonds. The Morgan fingerprint density at radius 3 is 3.22 bits per heavy atom. The first-order valence-electron chi connectivity index (χ1n) is 7.80. The van der Waals surface area contributed by atoms with Gasteiger partial charge in [-0.1, -0.05) is 5.21 Å². The van der Waals surface area contributed by atoms with Gasteiger partial charge in [-0.2, -0.15) is 0 Å². The van der Waals surface area contributed by atoms with Gasteiger partial charge in [0, 0.05) is 25.2 Å². The summed E-state index contributed by atoms with van der Waals surface area (Å²) in [5.41, 5.74) is 1.65. The lowest BCUT2D eigenvalue weighted by atomic mass is 9.99.